The van der Waals surface area contributed by atoms with Gasteiger partial charge < -0.3 is 4.74 Å². The van der Waals surface area contributed by atoms with Crippen LogP contribution >= 0.6 is 31.9 Å². The minimum absolute atomic E-state index is 0.518. The van der Waals surface area contributed by atoms with Gasteiger partial charge in [-0.05, 0) is 24.1 Å². The maximum Gasteiger partial charge on any atom is 0.119 e. The molecule has 0 fully saturated rings. The van der Waals surface area contributed by atoms with Crippen LogP contribution in [0.3, 0.4) is 0 Å². The summed E-state index contributed by atoms with van der Waals surface area (Å²) in [6, 6.07) is 8.16. The van der Waals surface area contributed by atoms with Crippen LogP contribution in [-0.2, 0) is 5.33 Å². The van der Waals surface area contributed by atoms with Crippen LogP contribution in [0.2, 0.25) is 0 Å². The summed E-state index contributed by atoms with van der Waals surface area (Å²) in [5, 5.41) is 0.895. The van der Waals surface area contributed by atoms with Gasteiger partial charge in [0.15, 0.2) is 0 Å². The third kappa shape index (κ3) is 4.47. The molecule has 0 N–H and O–H groups in total. The summed E-state index contributed by atoms with van der Waals surface area (Å²) in [4.78, 5) is 0.518. The molecule has 1 aromatic carbocycles. The molecule has 1 unspecified atom stereocenters. The summed E-state index contributed by atoms with van der Waals surface area (Å²) in [5.41, 5.74) is 1.27. The van der Waals surface area contributed by atoms with Crippen LogP contribution in [0, 0.1) is 0 Å². The molecule has 0 spiro atoms. The smallest absolute Gasteiger partial charge is 0.119 e. The highest BCUT2D eigenvalue weighted by Crippen LogP contribution is 2.14. The molecular formula is C11H14Br2O. The zero-order valence-electron chi connectivity index (χ0n) is 8.17. The van der Waals surface area contributed by atoms with Gasteiger partial charge in [-0.1, -0.05) is 50.9 Å². The van der Waals surface area contributed by atoms with Crippen LogP contribution in [0.25, 0.3) is 0 Å². The van der Waals surface area contributed by atoms with Crippen molar-refractivity contribution in [2.75, 3.05) is 6.61 Å². The Balaban J connectivity index is 2.36. The first kappa shape index (κ1) is 12.1. The number of hydrogen-bond donors (Lipinski definition) is 0. The lowest BCUT2D eigenvalue weighted by Crippen LogP contribution is -2.02. The third-order valence-corrected chi connectivity index (χ3v) is 2.97. The van der Waals surface area contributed by atoms with Gasteiger partial charge in [0.05, 0.1) is 6.61 Å². The van der Waals surface area contributed by atoms with E-state index in [9.17, 15) is 0 Å². The van der Waals surface area contributed by atoms with Gasteiger partial charge in [0.2, 0.25) is 0 Å². The monoisotopic (exact) mass is 320 g/mol. The summed E-state index contributed by atoms with van der Waals surface area (Å²) in [6.45, 7) is 2.89. The van der Waals surface area contributed by atoms with Crippen molar-refractivity contribution in [2.45, 2.75) is 23.5 Å². The van der Waals surface area contributed by atoms with E-state index < -0.39 is 0 Å². The van der Waals surface area contributed by atoms with Gasteiger partial charge in [0, 0.05) is 10.2 Å². The second kappa shape index (κ2) is 6.46. The van der Waals surface area contributed by atoms with E-state index in [1.807, 2.05) is 12.1 Å². The van der Waals surface area contributed by atoms with Crippen molar-refractivity contribution in [3.8, 4) is 5.75 Å². The summed E-state index contributed by atoms with van der Waals surface area (Å²) in [7, 11) is 0. The fourth-order valence-corrected chi connectivity index (χ4v) is 1.57. The van der Waals surface area contributed by atoms with E-state index in [-0.39, 0.29) is 0 Å². The summed E-state index contributed by atoms with van der Waals surface area (Å²) in [5.74, 6) is 0.947. The molecule has 0 radical (unpaired) electrons. The van der Waals surface area contributed by atoms with Crippen LogP contribution in [-0.4, -0.2) is 11.4 Å². The van der Waals surface area contributed by atoms with E-state index in [0.717, 1.165) is 24.1 Å². The minimum Gasteiger partial charge on any atom is -0.494 e. The van der Waals surface area contributed by atoms with Gasteiger partial charge in [-0.15, -0.1) is 0 Å². The Morgan fingerprint density at radius 1 is 1.29 bits per heavy atom. The molecule has 1 rings (SSSR count). The van der Waals surface area contributed by atoms with Gasteiger partial charge in [-0.2, -0.15) is 0 Å². The van der Waals surface area contributed by atoms with E-state index in [2.05, 4.69) is 50.9 Å². The number of hydrogen-bond acceptors (Lipinski definition) is 1. The van der Waals surface area contributed by atoms with Crippen molar-refractivity contribution in [1.82, 2.24) is 0 Å². The molecule has 78 valence electrons. The molecule has 1 aromatic rings. The SMILES string of the molecule is CC(Br)CCOc1ccc(CBr)cc1. The fourth-order valence-electron chi connectivity index (χ4n) is 1.01. The van der Waals surface area contributed by atoms with E-state index >= 15 is 0 Å². The van der Waals surface area contributed by atoms with Gasteiger partial charge >= 0.3 is 0 Å². The van der Waals surface area contributed by atoms with Crippen LogP contribution in [0.15, 0.2) is 24.3 Å². The van der Waals surface area contributed by atoms with Crippen LogP contribution in [0.4, 0.5) is 0 Å². The quantitative estimate of drug-likeness (QED) is 0.741. The largest absolute Gasteiger partial charge is 0.494 e. The maximum atomic E-state index is 5.57. The van der Waals surface area contributed by atoms with Gasteiger partial charge in [-0.3, -0.25) is 0 Å². The predicted molar refractivity (Wildman–Crippen MR) is 67.6 cm³/mol. The molecule has 0 heterocycles. The van der Waals surface area contributed by atoms with Crippen LogP contribution < -0.4 is 4.74 Å². The average molecular weight is 322 g/mol. The highest BCUT2D eigenvalue weighted by molar-refractivity contribution is 9.09. The normalized spacial score (nSPS) is 12.5. The lowest BCUT2D eigenvalue weighted by molar-refractivity contribution is 0.312. The molecule has 14 heavy (non-hydrogen) atoms. The Hall–Kier alpha value is -0.0200. The van der Waals surface area contributed by atoms with Gasteiger partial charge in [0.1, 0.15) is 5.75 Å². The Labute approximate surface area is 102 Å². The Morgan fingerprint density at radius 2 is 1.93 bits per heavy atom. The number of alkyl halides is 2. The van der Waals surface area contributed by atoms with E-state index in [1.54, 1.807) is 0 Å². The average Bonchev–Trinajstić information content (AvgIpc) is 2.18. The van der Waals surface area contributed by atoms with Crippen molar-refractivity contribution in [1.29, 1.82) is 0 Å². The molecule has 1 nitrogen and oxygen atoms in total. The van der Waals surface area contributed by atoms with Crippen molar-refractivity contribution in [2.24, 2.45) is 0 Å². The molecule has 1 atom stereocenters. The fraction of sp³-hybridized carbons (Fsp3) is 0.455. The highest BCUT2D eigenvalue weighted by Gasteiger charge is 1.97. The lowest BCUT2D eigenvalue weighted by Gasteiger charge is -2.07. The van der Waals surface area contributed by atoms with E-state index in [0.29, 0.717) is 4.83 Å². The van der Waals surface area contributed by atoms with Crippen molar-refractivity contribution >= 4 is 31.9 Å². The molecule has 0 amide bonds. The number of ether oxygens (including phenoxy) is 1. The third-order valence-electron chi connectivity index (χ3n) is 1.86. The first-order valence-corrected chi connectivity index (χ1v) is 6.68. The number of benzene rings is 1. The summed E-state index contributed by atoms with van der Waals surface area (Å²) < 4.78 is 5.57. The van der Waals surface area contributed by atoms with Crippen LogP contribution in [0.1, 0.15) is 18.9 Å². The summed E-state index contributed by atoms with van der Waals surface area (Å²) >= 11 is 6.89. The second-order valence-electron chi connectivity index (χ2n) is 3.20. The van der Waals surface area contributed by atoms with Crippen molar-refractivity contribution in [3.63, 3.8) is 0 Å². The van der Waals surface area contributed by atoms with Crippen molar-refractivity contribution in [3.05, 3.63) is 29.8 Å². The molecule has 0 saturated heterocycles. The van der Waals surface area contributed by atoms with Gasteiger partial charge in [-0.25, -0.2) is 0 Å². The maximum absolute atomic E-state index is 5.57. The number of rotatable bonds is 5. The highest BCUT2D eigenvalue weighted by atomic mass is 79.9. The van der Waals surface area contributed by atoms with Crippen molar-refractivity contribution < 1.29 is 4.74 Å². The number of halogens is 2. The van der Waals surface area contributed by atoms with Crippen LogP contribution in [0.5, 0.6) is 5.75 Å². The van der Waals surface area contributed by atoms with Gasteiger partial charge in [0.25, 0.3) is 0 Å². The lowest BCUT2D eigenvalue weighted by atomic mass is 10.2. The molecule has 0 bridgehead atoms. The molecule has 0 saturated carbocycles. The topological polar surface area (TPSA) is 9.23 Å². The zero-order chi connectivity index (χ0) is 10.4. The zero-order valence-corrected chi connectivity index (χ0v) is 11.3. The first-order valence-electron chi connectivity index (χ1n) is 4.64. The Morgan fingerprint density at radius 3 is 2.43 bits per heavy atom. The Bertz CT molecular complexity index is 256. The van der Waals surface area contributed by atoms with E-state index in [4.69, 9.17) is 4.74 Å². The predicted octanol–water partition coefficient (Wildman–Crippen LogP) is 4.13. The first-order chi connectivity index (χ1) is 6.72. The molecule has 0 aliphatic rings. The second-order valence-corrected chi connectivity index (χ2v) is 5.32. The standard InChI is InChI=1S/C11H14Br2O/c1-9(13)6-7-14-11-4-2-10(8-12)3-5-11/h2-5,9H,6-8H2,1H3. The molecule has 3 heteroatoms. The molecule has 0 aliphatic heterocycles. The minimum atomic E-state index is 0.518. The van der Waals surface area contributed by atoms with E-state index in [1.165, 1.54) is 5.56 Å². The summed E-state index contributed by atoms with van der Waals surface area (Å²) in [6.07, 6.45) is 1.03. The molecule has 0 aliphatic carbocycles. The molecular weight excluding hydrogens is 308 g/mol. The molecule has 0 aromatic heterocycles. The Kier molecular flexibility index (Phi) is 5.56.